The summed E-state index contributed by atoms with van der Waals surface area (Å²) in [6, 6.07) is 1.87. The van der Waals surface area contributed by atoms with Gasteiger partial charge in [-0.3, -0.25) is 0 Å². The lowest BCUT2D eigenvalue weighted by Gasteiger charge is -2.19. The second-order valence-corrected chi connectivity index (χ2v) is 6.96. The van der Waals surface area contributed by atoms with Crippen molar-refractivity contribution in [3.63, 3.8) is 0 Å². The molecule has 0 aromatic carbocycles. The zero-order valence-electron chi connectivity index (χ0n) is 10.2. The molecular weight excluding hydrogens is 274 g/mol. The molecule has 0 radical (unpaired) electrons. The summed E-state index contributed by atoms with van der Waals surface area (Å²) in [7, 11) is -3.35. The Hall–Kier alpha value is -1.25. The second-order valence-electron chi connectivity index (χ2n) is 4.43. The van der Waals surface area contributed by atoms with Crippen LogP contribution >= 0.6 is 11.3 Å². The van der Waals surface area contributed by atoms with Gasteiger partial charge in [0.05, 0.1) is 6.26 Å². The summed E-state index contributed by atoms with van der Waals surface area (Å²) >= 11 is 1.53. The van der Waals surface area contributed by atoms with Crippen molar-refractivity contribution in [2.45, 2.75) is 19.4 Å². The van der Waals surface area contributed by atoms with Crippen LogP contribution in [-0.4, -0.2) is 24.8 Å². The highest BCUT2D eigenvalue weighted by molar-refractivity contribution is 7.88. The molecule has 18 heavy (non-hydrogen) atoms. The Kier molecular flexibility index (Phi) is 3.26. The minimum Gasteiger partial charge on any atom is -0.337 e. The van der Waals surface area contributed by atoms with Gasteiger partial charge in [-0.25, -0.2) is 13.1 Å². The minimum atomic E-state index is -3.35. The number of hydrogen-bond acceptors (Lipinski definition) is 6. The fourth-order valence-electron chi connectivity index (χ4n) is 1.49. The van der Waals surface area contributed by atoms with Gasteiger partial charge in [-0.1, -0.05) is 5.16 Å². The highest BCUT2D eigenvalue weighted by Gasteiger charge is 2.31. The van der Waals surface area contributed by atoms with Gasteiger partial charge in [0.15, 0.2) is 0 Å². The number of sulfonamides is 1. The molecule has 0 unspecified atom stereocenters. The van der Waals surface area contributed by atoms with Crippen molar-refractivity contribution in [1.82, 2.24) is 14.9 Å². The molecule has 2 aromatic heterocycles. The van der Waals surface area contributed by atoms with E-state index in [1.807, 2.05) is 16.8 Å². The second kappa shape index (κ2) is 4.45. The Labute approximate surface area is 109 Å². The third-order valence-electron chi connectivity index (χ3n) is 2.18. The van der Waals surface area contributed by atoms with Crippen LogP contribution in [-0.2, 0) is 15.6 Å². The molecule has 0 bridgehead atoms. The van der Waals surface area contributed by atoms with Crippen LogP contribution in [0, 0.1) is 0 Å². The normalized spacial score (nSPS) is 12.8. The topological polar surface area (TPSA) is 85.1 Å². The fraction of sp³-hybridized carbons (Fsp3) is 0.400. The van der Waals surface area contributed by atoms with Crippen LogP contribution in [0.5, 0.6) is 0 Å². The van der Waals surface area contributed by atoms with E-state index in [4.69, 9.17) is 4.52 Å². The maximum Gasteiger partial charge on any atom is 0.247 e. The van der Waals surface area contributed by atoms with Gasteiger partial charge in [0.25, 0.3) is 0 Å². The molecule has 0 fully saturated rings. The molecule has 6 nitrogen and oxygen atoms in total. The molecule has 0 aliphatic rings. The third kappa shape index (κ3) is 2.95. The molecule has 2 heterocycles. The predicted molar refractivity (Wildman–Crippen MR) is 68.6 cm³/mol. The van der Waals surface area contributed by atoms with Gasteiger partial charge >= 0.3 is 0 Å². The first-order valence-corrected chi connectivity index (χ1v) is 7.97. The summed E-state index contributed by atoms with van der Waals surface area (Å²) in [6.45, 7) is 3.33. The molecular formula is C10H13N3O3S2. The van der Waals surface area contributed by atoms with Gasteiger partial charge in [0.1, 0.15) is 5.54 Å². The SMILES string of the molecule is CC(C)(NS(C)(=O)=O)c1nc(-c2ccsc2)no1. The Balaban J connectivity index is 2.30. The first kappa shape index (κ1) is 13.2. The summed E-state index contributed by atoms with van der Waals surface area (Å²) < 4.78 is 30.1. The third-order valence-corrected chi connectivity index (χ3v) is 3.74. The summed E-state index contributed by atoms with van der Waals surface area (Å²) in [4.78, 5) is 4.21. The van der Waals surface area contributed by atoms with Gasteiger partial charge in [-0.15, -0.1) is 0 Å². The van der Waals surface area contributed by atoms with Crippen LogP contribution in [0.25, 0.3) is 11.4 Å². The van der Waals surface area contributed by atoms with E-state index in [-0.39, 0.29) is 5.89 Å². The molecule has 0 atom stereocenters. The van der Waals surface area contributed by atoms with Crippen LogP contribution in [0.2, 0.25) is 0 Å². The van der Waals surface area contributed by atoms with Crippen molar-refractivity contribution in [3.8, 4) is 11.4 Å². The number of nitrogens with zero attached hydrogens (tertiary/aromatic N) is 2. The molecule has 0 spiro atoms. The van der Waals surface area contributed by atoms with Gasteiger partial charge in [0.2, 0.25) is 21.7 Å². The highest BCUT2D eigenvalue weighted by atomic mass is 32.2. The summed E-state index contributed by atoms with van der Waals surface area (Å²) in [5.74, 6) is 0.684. The molecule has 1 N–H and O–H groups in total. The van der Waals surface area contributed by atoms with E-state index in [0.717, 1.165) is 11.8 Å². The Morgan fingerprint density at radius 2 is 2.17 bits per heavy atom. The van der Waals surface area contributed by atoms with E-state index in [0.29, 0.717) is 5.82 Å². The molecule has 2 aromatic rings. The molecule has 8 heteroatoms. The molecule has 98 valence electrons. The van der Waals surface area contributed by atoms with Gasteiger partial charge in [-0.2, -0.15) is 16.3 Å². The number of thiophene rings is 1. The summed E-state index contributed by atoms with van der Waals surface area (Å²) in [6.07, 6.45) is 1.09. The maximum atomic E-state index is 11.3. The predicted octanol–water partition coefficient (Wildman–Crippen LogP) is 1.58. The average molecular weight is 287 g/mol. The van der Waals surface area contributed by atoms with E-state index < -0.39 is 15.6 Å². The number of hydrogen-bond donors (Lipinski definition) is 1. The lowest BCUT2D eigenvalue weighted by Crippen LogP contribution is -2.40. The van der Waals surface area contributed by atoms with Gasteiger partial charge in [0, 0.05) is 10.9 Å². The molecule has 0 aliphatic carbocycles. The van der Waals surface area contributed by atoms with Crippen molar-refractivity contribution >= 4 is 21.4 Å². The number of aromatic nitrogens is 2. The van der Waals surface area contributed by atoms with E-state index in [1.165, 1.54) is 11.3 Å². The van der Waals surface area contributed by atoms with Crippen LogP contribution < -0.4 is 4.72 Å². The van der Waals surface area contributed by atoms with E-state index in [9.17, 15) is 8.42 Å². The minimum absolute atomic E-state index is 0.231. The number of nitrogens with one attached hydrogen (secondary N) is 1. The van der Waals surface area contributed by atoms with E-state index in [1.54, 1.807) is 13.8 Å². The molecule has 0 saturated carbocycles. The van der Waals surface area contributed by atoms with E-state index in [2.05, 4.69) is 14.9 Å². The fourth-order valence-corrected chi connectivity index (χ4v) is 3.14. The van der Waals surface area contributed by atoms with Crippen LogP contribution in [0.1, 0.15) is 19.7 Å². The monoisotopic (exact) mass is 287 g/mol. The molecule has 0 saturated heterocycles. The largest absolute Gasteiger partial charge is 0.337 e. The van der Waals surface area contributed by atoms with Crippen molar-refractivity contribution in [2.24, 2.45) is 0 Å². The lowest BCUT2D eigenvalue weighted by molar-refractivity contribution is 0.296. The van der Waals surface area contributed by atoms with Crippen LogP contribution in [0.15, 0.2) is 21.3 Å². The highest BCUT2D eigenvalue weighted by Crippen LogP contribution is 2.24. The van der Waals surface area contributed by atoms with E-state index >= 15 is 0 Å². The maximum absolute atomic E-state index is 11.3. The lowest BCUT2D eigenvalue weighted by atomic mass is 10.1. The zero-order valence-corrected chi connectivity index (χ0v) is 11.8. The quantitative estimate of drug-likeness (QED) is 0.922. The van der Waals surface area contributed by atoms with Crippen LogP contribution in [0.3, 0.4) is 0 Å². The van der Waals surface area contributed by atoms with Crippen molar-refractivity contribution < 1.29 is 12.9 Å². The standard InChI is InChI=1S/C10H13N3O3S2/c1-10(2,13-18(3,14)15)9-11-8(12-16-9)7-4-5-17-6-7/h4-6,13H,1-3H3. The first-order chi connectivity index (χ1) is 8.28. The van der Waals surface area contributed by atoms with Crippen LogP contribution in [0.4, 0.5) is 0 Å². The van der Waals surface area contributed by atoms with Gasteiger partial charge < -0.3 is 4.52 Å². The summed E-state index contributed by atoms with van der Waals surface area (Å²) in [5.41, 5.74) is -0.0837. The molecule has 0 amide bonds. The molecule has 2 rings (SSSR count). The molecule has 0 aliphatic heterocycles. The number of rotatable bonds is 4. The van der Waals surface area contributed by atoms with Crippen molar-refractivity contribution in [3.05, 3.63) is 22.7 Å². The average Bonchev–Trinajstić information content (AvgIpc) is 2.85. The Bertz CT molecular complexity index is 629. The van der Waals surface area contributed by atoms with Gasteiger partial charge in [-0.05, 0) is 25.3 Å². The first-order valence-electron chi connectivity index (χ1n) is 5.14. The zero-order chi connectivity index (χ0) is 13.4. The smallest absolute Gasteiger partial charge is 0.247 e. The van der Waals surface area contributed by atoms with Crippen molar-refractivity contribution in [2.75, 3.05) is 6.26 Å². The Morgan fingerprint density at radius 3 is 2.72 bits per heavy atom. The summed E-state index contributed by atoms with van der Waals surface area (Å²) in [5, 5.41) is 7.64. The Morgan fingerprint density at radius 1 is 1.44 bits per heavy atom. The van der Waals surface area contributed by atoms with Crippen molar-refractivity contribution in [1.29, 1.82) is 0 Å².